The summed E-state index contributed by atoms with van der Waals surface area (Å²) in [6.45, 7) is 0.583. The Hall–Kier alpha value is -3.19. The van der Waals surface area contributed by atoms with E-state index in [1.807, 2.05) is 0 Å². The van der Waals surface area contributed by atoms with Gasteiger partial charge in [0, 0.05) is 24.5 Å². The van der Waals surface area contributed by atoms with Crippen LogP contribution in [0.15, 0.2) is 47.3 Å². The van der Waals surface area contributed by atoms with Gasteiger partial charge in [-0.3, -0.25) is 14.2 Å². The van der Waals surface area contributed by atoms with Crippen LogP contribution in [0.3, 0.4) is 0 Å². The summed E-state index contributed by atoms with van der Waals surface area (Å²) >= 11 is 5.82. The minimum Gasteiger partial charge on any atom is -0.452 e. The average Bonchev–Trinajstić information content (AvgIpc) is 3.20. The second-order valence-corrected chi connectivity index (χ2v) is 7.24. The third kappa shape index (κ3) is 4.14. The van der Waals surface area contributed by atoms with Crippen LogP contribution in [0.2, 0.25) is 5.02 Å². The largest absolute Gasteiger partial charge is 0.452 e. The van der Waals surface area contributed by atoms with Gasteiger partial charge in [-0.15, -0.1) is 0 Å². The highest BCUT2D eigenvalue weighted by Crippen LogP contribution is 2.16. The van der Waals surface area contributed by atoms with Gasteiger partial charge in [-0.2, -0.15) is 0 Å². The van der Waals surface area contributed by atoms with E-state index in [1.54, 1.807) is 34.9 Å². The molecule has 0 atom stereocenters. The number of aromatic nitrogens is 2. The molecule has 4 rings (SSSR count). The molecule has 0 fully saturated rings. The van der Waals surface area contributed by atoms with Gasteiger partial charge in [-0.25, -0.2) is 9.78 Å². The number of fused-ring (bicyclic) bond motifs is 2. The van der Waals surface area contributed by atoms with Crippen LogP contribution >= 0.6 is 11.6 Å². The molecule has 0 spiro atoms. The van der Waals surface area contributed by atoms with Gasteiger partial charge in [0.25, 0.3) is 11.5 Å². The van der Waals surface area contributed by atoms with Crippen molar-refractivity contribution in [3.8, 4) is 0 Å². The summed E-state index contributed by atoms with van der Waals surface area (Å²) in [6, 6.07) is 11.7. The fourth-order valence-corrected chi connectivity index (χ4v) is 3.41. The third-order valence-electron chi connectivity index (χ3n) is 4.79. The van der Waals surface area contributed by atoms with Gasteiger partial charge in [-0.05, 0) is 42.3 Å². The molecule has 2 aromatic carbocycles. The first-order chi connectivity index (χ1) is 14.0. The second-order valence-electron chi connectivity index (χ2n) is 6.80. The fraction of sp³-hybridized carbons (Fsp3) is 0.238. The van der Waals surface area contributed by atoms with Crippen molar-refractivity contribution in [1.29, 1.82) is 0 Å². The van der Waals surface area contributed by atoms with Gasteiger partial charge in [0.2, 0.25) is 0 Å². The van der Waals surface area contributed by atoms with Crippen molar-refractivity contribution in [2.45, 2.75) is 25.9 Å². The molecule has 148 valence electrons. The summed E-state index contributed by atoms with van der Waals surface area (Å²) in [5.41, 5.74) is 1.50. The van der Waals surface area contributed by atoms with E-state index in [9.17, 15) is 14.4 Å². The summed E-state index contributed by atoms with van der Waals surface area (Å²) in [5, 5.41) is 3.76. The normalized spacial score (nSPS) is 12.6. The lowest BCUT2D eigenvalue weighted by atomic mass is 10.1. The minimum atomic E-state index is -0.643. The first kappa shape index (κ1) is 19.1. The molecule has 1 aliphatic heterocycles. The number of halogens is 1. The molecule has 0 radical (unpaired) electrons. The predicted molar refractivity (Wildman–Crippen MR) is 108 cm³/mol. The van der Waals surface area contributed by atoms with Gasteiger partial charge in [0.15, 0.2) is 6.61 Å². The number of nitrogens with one attached hydrogen (secondary N) is 1. The SMILES string of the molecule is O=C(COC(=O)c1ccc2c(=O)n3c(nc2c1)CCC3)NCc1ccc(Cl)cc1. The van der Waals surface area contributed by atoms with Crippen LogP contribution < -0.4 is 10.9 Å². The number of benzene rings is 2. The highest BCUT2D eigenvalue weighted by Gasteiger charge is 2.18. The molecular formula is C21H18ClN3O4. The van der Waals surface area contributed by atoms with Crippen molar-refractivity contribution >= 4 is 34.4 Å². The maximum Gasteiger partial charge on any atom is 0.338 e. The van der Waals surface area contributed by atoms with Crippen LogP contribution in [0, 0.1) is 0 Å². The Kier molecular flexibility index (Phi) is 5.31. The van der Waals surface area contributed by atoms with Gasteiger partial charge < -0.3 is 10.1 Å². The van der Waals surface area contributed by atoms with Crippen LogP contribution in [0.5, 0.6) is 0 Å². The number of amides is 1. The zero-order chi connectivity index (χ0) is 20.4. The molecule has 0 aliphatic carbocycles. The molecule has 1 amide bonds. The zero-order valence-electron chi connectivity index (χ0n) is 15.5. The molecule has 1 aromatic heterocycles. The van der Waals surface area contributed by atoms with E-state index in [4.69, 9.17) is 16.3 Å². The predicted octanol–water partition coefficient (Wildman–Crippen LogP) is 2.47. The molecule has 8 heteroatoms. The first-order valence-electron chi connectivity index (χ1n) is 9.23. The molecule has 2 heterocycles. The lowest BCUT2D eigenvalue weighted by Crippen LogP contribution is -2.28. The summed E-state index contributed by atoms with van der Waals surface area (Å²) in [4.78, 5) is 41.2. The number of carbonyl (C=O) groups is 2. The van der Waals surface area contributed by atoms with Crippen LogP contribution in [-0.4, -0.2) is 28.0 Å². The number of hydrogen-bond donors (Lipinski definition) is 1. The van der Waals surface area contributed by atoms with E-state index >= 15 is 0 Å². The standard InChI is InChI=1S/C21H18ClN3O4/c22-15-6-3-13(4-7-15)11-23-19(26)12-29-21(28)14-5-8-16-17(10-14)24-18-2-1-9-25(18)20(16)27/h3-8,10H,1-2,9,11-12H2,(H,23,26). The van der Waals surface area contributed by atoms with Gasteiger partial charge in [0.1, 0.15) is 5.82 Å². The fourth-order valence-electron chi connectivity index (χ4n) is 3.28. The molecule has 1 N–H and O–H groups in total. The lowest BCUT2D eigenvalue weighted by molar-refractivity contribution is -0.124. The van der Waals surface area contributed by atoms with E-state index in [1.165, 1.54) is 12.1 Å². The van der Waals surface area contributed by atoms with Crippen LogP contribution in [0.1, 0.15) is 28.2 Å². The minimum absolute atomic E-state index is 0.0935. The summed E-state index contributed by atoms with van der Waals surface area (Å²) < 4.78 is 6.76. The Bertz CT molecular complexity index is 1160. The van der Waals surface area contributed by atoms with E-state index in [2.05, 4.69) is 10.3 Å². The number of nitrogens with zero attached hydrogens (tertiary/aromatic N) is 2. The smallest absolute Gasteiger partial charge is 0.338 e. The molecule has 0 saturated heterocycles. The molecule has 0 saturated carbocycles. The Balaban J connectivity index is 1.38. The zero-order valence-corrected chi connectivity index (χ0v) is 16.2. The summed E-state index contributed by atoms with van der Waals surface area (Å²) in [7, 11) is 0. The number of esters is 1. The van der Waals surface area contributed by atoms with Gasteiger partial charge in [0.05, 0.1) is 16.5 Å². The molecule has 0 bridgehead atoms. The number of carbonyl (C=O) groups excluding carboxylic acids is 2. The van der Waals surface area contributed by atoms with E-state index < -0.39 is 18.5 Å². The van der Waals surface area contributed by atoms with Crippen molar-refractivity contribution in [3.05, 3.63) is 74.8 Å². The Morgan fingerprint density at radius 3 is 2.76 bits per heavy atom. The highest BCUT2D eigenvalue weighted by molar-refractivity contribution is 6.30. The Labute approximate surface area is 171 Å². The molecule has 29 heavy (non-hydrogen) atoms. The monoisotopic (exact) mass is 411 g/mol. The van der Waals surface area contributed by atoms with Crippen LogP contribution in [0.25, 0.3) is 10.9 Å². The topological polar surface area (TPSA) is 90.3 Å². The molecule has 0 unspecified atom stereocenters. The quantitative estimate of drug-likeness (QED) is 0.651. The average molecular weight is 412 g/mol. The van der Waals surface area contributed by atoms with E-state index in [-0.39, 0.29) is 11.1 Å². The van der Waals surface area contributed by atoms with Crippen molar-refractivity contribution in [3.63, 3.8) is 0 Å². The number of hydrogen-bond acceptors (Lipinski definition) is 5. The highest BCUT2D eigenvalue weighted by atomic mass is 35.5. The third-order valence-corrected chi connectivity index (χ3v) is 5.04. The molecular weight excluding hydrogens is 394 g/mol. The molecule has 1 aliphatic rings. The van der Waals surface area contributed by atoms with Crippen molar-refractivity contribution in [2.75, 3.05) is 6.61 Å². The Morgan fingerprint density at radius 1 is 1.17 bits per heavy atom. The van der Waals surface area contributed by atoms with Crippen molar-refractivity contribution in [2.24, 2.45) is 0 Å². The molecule has 3 aromatic rings. The number of ether oxygens (including phenoxy) is 1. The van der Waals surface area contributed by atoms with Crippen LogP contribution in [0.4, 0.5) is 0 Å². The van der Waals surface area contributed by atoms with E-state index in [0.29, 0.717) is 29.0 Å². The first-order valence-corrected chi connectivity index (χ1v) is 9.61. The Morgan fingerprint density at radius 2 is 1.97 bits per heavy atom. The van der Waals surface area contributed by atoms with Crippen LogP contribution in [-0.2, 0) is 29.0 Å². The van der Waals surface area contributed by atoms with E-state index in [0.717, 1.165) is 24.2 Å². The maximum atomic E-state index is 12.5. The van der Waals surface area contributed by atoms with Crippen molar-refractivity contribution in [1.82, 2.24) is 14.9 Å². The van der Waals surface area contributed by atoms with Gasteiger partial charge >= 0.3 is 5.97 Å². The maximum absolute atomic E-state index is 12.5. The molecule has 7 nitrogen and oxygen atoms in total. The second kappa shape index (κ2) is 8.05. The summed E-state index contributed by atoms with van der Waals surface area (Å²) in [6.07, 6.45) is 1.63. The number of aryl methyl sites for hydroxylation is 1. The summed E-state index contributed by atoms with van der Waals surface area (Å²) in [5.74, 6) is -0.325. The number of rotatable bonds is 5. The lowest BCUT2D eigenvalue weighted by Gasteiger charge is -2.08. The van der Waals surface area contributed by atoms with Gasteiger partial charge in [-0.1, -0.05) is 23.7 Å². The van der Waals surface area contributed by atoms with Crippen molar-refractivity contribution < 1.29 is 14.3 Å².